The van der Waals surface area contributed by atoms with E-state index in [2.05, 4.69) is 20.3 Å². The maximum atomic E-state index is 12.6. The Hall–Kier alpha value is -2.93. The first kappa shape index (κ1) is 17.9. The van der Waals surface area contributed by atoms with Gasteiger partial charge in [-0.05, 0) is 39.0 Å². The third kappa shape index (κ3) is 4.37. The molecule has 1 amide bonds. The third-order valence-corrected chi connectivity index (χ3v) is 3.84. The molecule has 26 heavy (non-hydrogen) atoms. The van der Waals surface area contributed by atoms with Crippen LogP contribution in [0.15, 0.2) is 36.5 Å². The number of carbonyl (C=O) groups excluding carboxylic acids is 1. The average Bonchev–Trinajstić information content (AvgIpc) is 2.97. The van der Waals surface area contributed by atoms with Crippen molar-refractivity contribution < 1.29 is 14.6 Å². The molecule has 0 aliphatic heterocycles. The number of fused-ring (bicyclic) bond motifs is 1. The van der Waals surface area contributed by atoms with Crippen molar-refractivity contribution >= 4 is 22.8 Å². The molecule has 3 rings (SSSR count). The molecule has 3 aromatic heterocycles. The summed E-state index contributed by atoms with van der Waals surface area (Å²) in [5.74, 6) is 0.599. The molecule has 7 heteroatoms. The van der Waals surface area contributed by atoms with Crippen molar-refractivity contribution in [2.24, 2.45) is 0 Å². The van der Waals surface area contributed by atoms with Crippen molar-refractivity contribution in [2.45, 2.75) is 32.8 Å². The molecular formula is C19H22N4O3. The second-order valence-corrected chi connectivity index (χ2v) is 6.78. The molecule has 7 nitrogen and oxygen atoms in total. The lowest BCUT2D eigenvalue weighted by molar-refractivity contribution is 0.0547. The van der Waals surface area contributed by atoms with Crippen LogP contribution in [0.3, 0.4) is 0 Å². The SMILES string of the molecule is Cc1cccc(NC(=O)c2c[nH]c3ccc(OCCC(C)(C)O)nc23)n1. The number of aromatic amines is 1. The summed E-state index contributed by atoms with van der Waals surface area (Å²) in [6.07, 6.45) is 2.09. The number of hydrogen-bond donors (Lipinski definition) is 3. The minimum atomic E-state index is -0.802. The van der Waals surface area contributed by atoms with Gasteiger partial charge in [0, 0.05) is 24.4 Å². The van der Waals surface area contributed by atoms with Crippen LogP contribution in [0.4, 0.5) is 5.82 Å². The van der Waals surface area contributed by atoms with E-state index in [1.165, 1.54) is 0 Å². The number of aryl methyl sites for hydroxylation is 1. The van der Waals surface area contributed by atoms with Gasteiger partial charge in [-0.1, -0.05) is 6.07 Å². The second kappa shape index (κ2) is 7.13. The molecule has 0 radical (unpaired) electrons. The number of carbonyl (C=O) groups is 1. The summed E-state index contributed by atoms with van der Waals surface area (Å²) < 4.78 is 5.60. The van der Waals surface area contributed by atoms with E-state index in [4.69, 9.17) is 4.74 Å². The first-order chi connectivity index (χ1) is 12.3. The third-order valence-electron chi connectivity index (χ3n) is 3.84. The van der Waals surface area contributed by atoms with Crippen LogP contribution in [0, 0.1) is 6.92 Å². The van der Waals surface area contributed by atoms with E-state index in [1.54, 1.807) is 32.2 Å². The van der Waals surface area contributed by atoms with Gasteiger partial charge in [0.25, 0.3) is 5.91 Å². The summed E-state index contributed by atoms with van der Waals surface area (Å²) in [5.41, 5.74) is 1.70. The Morgan fingerprint density at radius 1 is 1.27 bits per heavy atom. The first-order valence-corrected chi connectivity index (χ1v) is 8.40. The number of amides is 1. The Balaban J connectivity index is 1.78. The molecule has 0 saturated carbocycles. The van der Waals surface area contributed by atoms with E-state index in [0.717, 1.165) is 11.2 Å². The molecule has 3 aromatic rings. The fraction of sp³-hybridized carbons (Fsp3) is 0.316. The number of rotatable bonds is 6. The van der Waals surface area contributed by atoms with Gasteiger partial charge < -0.3 is 20.1 Å². The lowest BCUT2D eigenvalue weighted by Crippen LogP contribution is -2.22. The summed E-state index contributed by atoms with van der Waals surface area (Å²) >= 11 is 0. The van der Waals surface area contributed by atoms with Crippen molar-refractivity contribution in [1.29, 1.82) is 0 Å². The monoisotopic (exact) mass is 354 g/mol. The highest BCUT2D eigenvalue weighted by Gasteiger charge is 2.16. The number of anilines is 1. The number of aliphatic hydroxyl groups is 1. The number of aromatic nitrogens is 3. The van der Waals surface area contributed by atoms with E-state index in [1.807, 2.05) is 25.1 Å². The van der Waals surface area contributed by atoms with Crippen molar-refractivity contribution in [3.63, 3.8) is 0 Å². The zero-order chi connectivity index (χ0) is 18.7. The highest BCUT2D eigenvalue weighted by atomic mass is 16.5. The zero-order valence-electron chi connectivity index (χ0n) is 15.0. The maximum absolute atomic E-state index is 12.6. The van der Waals surface area contributed by atoms with Gasteiger partial charge in [-0.25, -0.2) is 9.97 Å². The zero-order valence-corrected chi connectivity index (χ0v) is 15.0. The number of nitrogens with zero attached hydrogens (tertiary/aromatic N) is 2. The number of hydrogen-bond acceptors (Lipinski definition) is 5. The molecule has 0 aliphatic carbocycles. The normalized spacial score (nSPS) is 11.5. The molecule has 0 aromatic carbocycles. The molecular weight excluding hydrogens is 332 g/mol. The predicted molar refractivity (Wildman–Crippen MR) is 99.4 cm³/mol. The van der Waals surface area contributed by atoms with Crippen molar-refractivity contribution in [1.82, 2.24) is 15.0 Å². The number of nitrogens with one attached hydrogen (secondary N) is 2. The van der Waals surface area contributed by atoms with Crippen LogP contribution in [0.25, 0.3) is 11.0 Å². The van der Waals surface area contributed by atoms with E-state index >= 15 is 0 Å². The van der Waals surface area contributed by atoms with Crippen LogP contribution in [-0.2, 0) is 0 Å². The first-order valence-electron chi connectivity index (χ1n) is 8.40. The molecule has 0 aliphatic rings. The summed E-state index contributed by atoms with van der Waals surface area (Å²) in [7, 11) is 0. The quantitative estimate of drug-likeness (QED) is 0.632. The summed E-state index contributed by atoms with van der Waals surface area (Å²) in [4.78, 5) is 24.3. The largest absolute Gasteiger partial charge is 0.478 e. The topological polar surface area (TPSA) is 100 Å². The van der Waals surface area contributed by atoms with Gasteiger partial charge in [-0.2, -0.15) is 0 Å². The van der Waals surface area contributed by atoms with Gasteiger partial charge in [-0.15, -0.1) is 0 Å². The second-order valence-electron chi connectivity index (χ2n) is 6.78. The summed E-state index contributed by atoms with van der Waals surface area (Å²) in [5, 5.41) is 12.5. The number of H-pyrrole nitrogens is 1. The summed E-state index contributed by atoms with van der Waals surface area (Å²) in [6, 6.07) is 8.97. The van der Waals surface area contributed by atoms with Crippen LogP contribution >= 0.6 is 0 Å². The van der Waals surface area contributed by atoms with Gasteiger partial charge >= 0.3 is 0 Å². The fourth-order valence-corrected chi connectivity index (χ4v) is 2.44. The van der Waals surface area contributed by atoms with Crippen LogP contribution in [-0.4, -0.2) is 38.2 Å². The van der Waals surface area contributed by atoms with E-state index in [9.17, 15) is 9.90 Å². The molecule has 3 N–H and O–H groups in total. The molecule has 0 spiro atoms. The van der Waals surface area contributed by atoms with E-state index in [0.29, 0.717) is 35.8 Å². The van der Waals surface area contributed by atoms with Crippen LogP contribution in [0.2, 0.25) is 0 Å². The molecule has 0 atom stereocenters. The Kier molecular flexibility index (Phi) is 4.90. The van der Waals surface area contributed by atoms with Gasteiger partial charge in [0.1, 0.15) is 11.3 Å². The molecule has 136 valence electrons. The lowest BCUT2D eigenvalue weighted by Gasteiger charge is -2.16. The number of ether oxygens (including phenoxy) is 1. The Labute approximate surface area is 151 Å². The lowest BCUT2D eigenvalue weighted by atomic mass is 10.1. The van der Waals surface area contributed by atoms with Gasteiger partial charge in [-0.3, -0.25) is 4.79 Å². The minimum Gasteiger partial charge on any atom is -0.478 e. The minimum absolute atomic E-state index is 0.296. The number of pyridine rings is 2. The van der Waals surface area contributed by atoms with Crippen LogP contribution < -0.4 is 10.1 Å². The van der Waals surface area contributed by atoms with Crippen molar-refractivity contribution in [3.8, 4) is 5.88 Å². The van der Waals surface area contributed by atoms with Crippen LogP contribution in [0.1, 0.15) is 36.3 Å². The highest BCUT2D eigenvalue weighted by molar-refractivity contribution is 6.11. The highest BCUT2D eigenvalue weighted by Crippen LogP contribution is 2.21. The molecule has 0 bridgehead atoms. The average molecular weight is 354 g/mol. The smallest absolute Gasteiger partial charge is 0.260 e. The van der Waals surface area contributed by atoms with E-state index < -0.39 is 5.60 Å². The molecule has 0 fully saturated rings. The van der Waals surface area contributed by atoms with Crippen molar-refractivity contribution in [2.75, 3.05) is 11.9 Å². The molecule has 0 unspecified atom stereocenters. The Morgan fingerprint density at radius 3 is 2.81 bits per heavy atom. The predicted octanol–water partition coefficient (Wildman–Crippen LogP) is 3.06. The van der Waals surface area contributed by atoms with Crippen molar-refractivity contribution in [3.05, 3.63) is 47.8 Å². The van der Waals surface area contributed by atoms with Gasteiger partial charge in [0.05, 0.1) is 23.3 Å². The van der Waals surface area contributed by atoms with Gasteiger partial charge in [0.2, 0.25) is 5.88 Å². The maximum Gasteiger partial charge on any atom is 0.260 e. The molecule has 3 heterocycles. The van der Waals surface area contributed by atoms with E-state index in [-0.39, 0.29) is 5.91 Å². The Bertz CT molecular complexity index is 928. The van der Waals surface area contributed by atoms with Gasteiger partial charge in [0.15, 0.2) is 0 Å². The fourth-order valence-electron chi connectivity index (χ4n) is 2.44. The molecule has 0 saturated heterocycles. The summed E-state index contributed by atoms with van der Waals surface area (Å²) in [6.45, 7) is 5.64. The standard InChI is InChI=1S/C19H22N4O3/c1-12-5-4-6-15(21-12)22-18(24)13-11-20-14-7-8-16(23-17(13)14)26-10-9-19(2,3)25/h4-8,11,20,25H,9-10H2,1-3H3,(H,21,22,24). The van der Waals surface area contributed by atoms with Crippen LogP contribution in [0.5, 0.6) is 5.88 Å². The Morgan fingerprint density at radius 2 is 2.08 bits per heavy atom.